The van der Waals surface area contributed by atoms with E-state index < -0.39 is 9.05 Å². The Balaban J connectivity index is 2.00. The molecule has 1 aliphatic carbocycles. The molecule has 0 aromatic carbocycles. The molecule has 1 N–H and O–H groups in total. The Morgan fingerprint density at radius 1 is 1.33 bits per heavy atom. The Kier molecular flexibility index (Phi) is 2.91. The second-order valence-electron chi connectivity index (χ2n) is 4.17. The van der Waals surface area contributed by atoms with E-state index in [-0.39, 0.29) is 5.16 Å². The summed E-state index contributed by atoms with van der Waals surface area (Å²) in [5.74, 6) is 0.397. The highest BCUT2D eigenvalue weighted by Crippen LogP contribution is 2.34. The van der Waals surface area contributed by atoms with Crippen LogP contribution in [0, 0.1) is 0 Å². The van der Waals surface area contributed by atoms with Crippen molar-refractivity contribution in [3.05, 3.63) is 16.5 Å². The van der Waals surface area contributed by atoms with Gasteiger partial charge in [-0.2, -0.15) is 10.1 Å². The first-order valence-electron chi connectivity index (χ1n) is 5.53. The molecule has 0 amide bonds. The van der Waals surface area contributed by atoms with Crippen LogP contribution in [0.3, 0.4) is 0 Å². The van der Waals surface area contributed by atoms with Crippen LogP contribution in [0.25, 0.3) is 10.7 Å². The third-order valence-electron chi connectivity index (χ3n) is 2.91. The van der Waals surface area contributed by atoms with Crippen LogP contribution in [-0.2, 0) is 21.9 Å². The molecule has 0 saturated carbocycles. The summed E-state index contributed by atoms with van der Waals surface area (Å²) >= 11 is 1.63. The van der Waals surface area contributed by atoms with Gasteiger partial charge in [0.15, 0.2) is 5.82 Å². The van der Waals surface area contributed by atoms with E-state index in [1.54, 1.807) is 11.3 Å². The van der Waals surface area contributed by atoms with Gasteiger partial charge in [-0.15, -0.1) is 11.3 Å². The number of fused-ring (bicyclic) bond motifs is 1. The fourth-order valence-electron chi connectivity index (χ4n) is 2.07. The van der Waals surface area contributed by atoms with Crippen molar-refractivity contribution >= 4 is 31.1 Å². The Hall–Kier alpha value is -0.920. The van der Waals surface area contributed by atoms with E-state index in [0.717, 1.165) is 17.7 Å². The molecule has 0 atom stereocenters. The lowest BCUT2D eigenvalue weighted by Crippen LogP contribution is -1.96. The monoisotopic (exact) mass is 303 g/mol. The number of nitrogens with one attached hydrogen (secondary N) is 1. The quantitative estimate of drug-likeness (QED) is 0.864. The molecule has 8 heteroatoms. The van der Waals surface area contributed by atoms with Crippen molar-refractivity contribution in [2.75, 3.05) is 0 Å². The van der Waals surface area contributed by atoms with Gasteiger partial charge in [-0.25, -0.2) is 13.5 Å². The van der Waals surface area contributed by atoms with Crippen molar-refractivity contribution in [1.29, 1.82) is 0 Å². The molecule has 0 saturated heterocycles. The first-order chi connectivity index (χ1) is 8.54. The number of halogens is 1. The van der Waals surface area contributed by atoms with E-state index in [0.29, 0.717) is 5.82 Å². The van der Waals surface area contributed by atoms with Crippen LogP contribution < -0.4 is 0 Å². The van der Waals surface area contributed by atoms with Crippen LogP contribution in [0.4, 0.5) is 0 Å². The van der Waals surface area contributed by atoms with E-state index in [1.807, 2.05) is 6.07 Å². The van der Waals surface area contributed by atoms with E-state index in [4.69, 9.17) is 10.7 Å². The molecule has 0 spiro atoms. The number of aromatic nitrogens is 3. The molecule has 0 aliphatic heterocycles. The highest BCUT2D eigenvalue weighted by atomic mass is 35.7. The second kappa shape index (κ2) is 4.32. The number of H-pyrrole nitrogens is 1. The number of rotatable bonds is 2. The van der Waals surface area contributed by atoms with Gasteiger partial charge < -0.3 is 0 Å². The minimum absolute atomic E-state index is 0.300. The fourth-order valence-corrected chi connectivity index (χ4v) is 3.81. The maximum atomic E-state index is 11.1. The highest BCUT2D eigenvalue weighted by molar-refractivity contribution is 8.13. The van der Waals surface area contributed by atoms with Gasteiger partial charge in [0.2, 0.25) is 0 Å². The van der Waals surface area contributed by atoms with Crippen molar-refractivity contribution < 1.29 is 8.42 Å². The number of hydrogen-bond donors (Lipinski definition) is 1. The van der Waals surface area contributed by atoms with Crippen LogP contribution in [-0.4, -0.2) is 23.6 Å². The predicted molar refractivity (Wildman–Crippen MR) is 69.4 cm³/mol. The summed E-state index contributed by atoms with van der Waals surface area (Å²) in [4.78, 5) is 6.17. The summed E-state index contributed by atoms with van der Waals surface area (Å²) in [6.45, 7) is 0. The molecule has 0 unspecified atom stereocenters. The average Bonchev–Trinajstić information content (AvgIpc) is 2.94. The van der Waals surface area contributed by atoms with Crippen LogP contribution >= 0.6 is 22.0 Å². The molecule has 2 aromatic rings. The molecule has 0 bridgehead atoms. The number of nitrogens with zero attached hydrogens (tertiary/aromatic N) is 2. The number of aryl methyl sites for hydroxylation is 2. The van der Waals surface area contributed by atoms with Crippen molar-refractivity contribution in [3.63, 3.8) is 0 Å². The highest BCUT2D eigenvalue weighted by Gasteiger charge is 2.20. The Morgan fingerprint density at radius 3 is 2.78 bits per heavy atom. The summed E-state index contributed by atoms with van der Waals surface area (Å²) in [6.07, 6.45) is 4.59. The molecule has 3 rings (SSSR count). The topological polar surface area (TPSA) is 75.7 Å². The summed E-state index contributed by atoms with van der Waals surface area (Å²) in [5.41, 5.74) is 1.33. The largest absolute Gasteiger partial charge is 0.296 e. The normalized spacial score (nSPS) is 15.6. The summed E-state index contributed by atoms with van der Waals surface area (Å²) < 4.78 is 22.2. The van der Waals surface area contributed by atoms with Crippen molar-refractivity contribution in [3.8, 4) is 10.7 Å². The van der Waals surface area contributed by atoms with Gasteiger partial charge in [0.05, 0.1) is 4.88 Å². The molecule has 5 nitrogen and oxygen atoms in total. The Labute approximate surface area is 113 Å². The second-order valence-corrected chi connectivity index (χ2v) is 7.79. The van der Waals surface area contributed by atoms with Crippen molar-refractivity contribution in [2.45, 2.75) is 30.8 Å². The van der Waals surface area contributed by atoms with E-state index >= 15 is 0 Å². The first kappa shape index (κ1) is 12.1. The van der Waals surface area contributed by atoms with Gasteiger partial charge in [0, 0.05) is 15.6 Å². The van der Waals surface area contributed by atoms with Crippen LogP contribution in [0.2, 0.25) is 0 Å². The van der Waals surface area contributed by atoms with Crippen LogP contribution in [0.5, 0.6) is 0 Å². The van der Waals surface area contributed by atoms with E-state index in [9.17, 15) is 8.42 Å². The summed E-state index contributed by atoms with van der Waals surface area (Å²) in [7, 11) is 1.36. The first-order valence-corrected chi connectivity index (χ1v) is 8.65. The third-order valence-corrected chi connectivity index (χ3v) is 5.23. The summed E-state index contributed by atoms with van der Waals surface area (Å²) in [6, 6.07) is 2.05. The minimum Gasteiger partial charge on any atom is -0.248 e. The predicted octanol–water partition coefficient (Wildman–Crippen LogP) is 2.34. The van der Waals surface area contributed by atoms with Crippen LogP contribution in [0.1, 0.15) is 23.3 Å². The van der Waals surface area contributed by atoms with Gasteiger partial charge >= 0.3 is 0 Å². The molecule has 2 aromatic heterocycles. The van der Waals surface area contributed by atoms with Gasteiger partial charge in [-0.3, -0.25) is 0 Å². The van der Waals surface area contributed by atoms with Gasteiger partial charge in [0.1, 0.15) is 0 Å². The van der Waals surface area contributed by atoms with E-state index in [2.05, 4.69) is 15.2 Å². The number of hydrogen-bond acceptors (Lipinski definition) is 5. The third kappa shape index (κ3) is 2.17. The molecular formula is C10H10ClN3O2S2. The standard InChI is InChI=1S/C10H10ClN3O2S2/c11-18(15,16)10-12-9(13-14-10)8-5-6-3-1-2-4-7(6)17-8/h5H,1-4H2,(H,12,13,14). The number of thiophene rings is 1. The maximum absolute atomic E-state index is 11.1. The zero-order valence-electron chi connectivity index (χ0n) is 9.31. The molecule has 1 aliphatic rings. The molecule has 0 fully saturated rings. The number of aromatic amines is 1. The molecule has 2 heterocycles. The molecule has 18 heavy (non-hydrogen) atoms. The molecule has 0 radical (unpaired) electrons. The molecular weight excluding hydrogens is 294 g/mol. The van der Waals surface area contributed by atoms with Gasteiger partial charge in [-0.05, 0) is 37.3 Å². The lowest BCUT2D eigenvalue weighted by Gasteiger charge is -2.08. The minimum atomic E-state index is -3.84. The van der Waals surface area contributed by atoms with Crippen LogP contribution in [0.15, 0.2) is 11.2 Å². The van der Waals surface area contributed by atoms with Crippen molar-refractivity contribution in [2.24, 2.45) is 0 Å². The zero-order valence-corrected chi connectivity index (χ0v) is 11.7. The Morgan fingerprint density at radius 2 is 2.11 bits per heavy atom. The van der Waals surface area contributed by atoms with Gasteiger partial charge in [0.25, 0.3) is 14.2 Å². The lowest BCUT2D eigenvalue weighted by atomic mass is 9.99. The van der Waals surface area contributed by atoms with E-state index in [1.165, 1.54) is 23.3 Å². The smallest absolute Gasteiger partial charge is 0.248 e. The average molecular weight is 304 g/mol. The fraction of sp³-hybridized carbons (Fsp3) is 0.400. The SMILES string of the molecule is O=S(=O)(Cl)c1nc(-c2cc3c(s2)CCCC3)n[nH]1. The molecule has 96 valence electrons. The maximum Gasteiger partial charge on any atom is 0.296 e. The Bertz CT molecular complexity index is 666. The zero-order chi connectivity index (χ0) is 12.8. The summed E-state index contributed by atoms with van der Waals surface area (Å²) in [5, 5.41) is 5.96. The van der Waals surface area contributed by atoms with Crippen molar-refractivity contribution in [1.82, 2.24) is 15.2 Å². The lowest BCUT2D eigenvalue weighted by molar-refractivity contribution is 0.602. The van der Waals surface area contributed by atoms with Gasteiger partial charge in [-0.1, -0.05) is 0 Å².